The number of carbonyl (C=O) groups is 1. The first-order chi connectivity index (χ1) is 9.11. The van der Waals surface area contributed by atoms with Gasteiger partial charge in [-0.3, -0.25) is 4.79 Å². The summed E-state index contributed by atoms with van der Waals surface area (Å²) < 4.78 is 5.62. The second-order valence-corrected chi connectivity index (χ2v) is 5.28. The van der Waals surface area contributed by atoms with Gasteiger partial charge < -0.3 is 9.72 Å². The van der Waals surface area contributed by atoms with Gasteiger partial charge >= 0.3 is 0 Å². The average Bonchev–Trinajstić information content (AvgIpc) is 2.78. The van der Waals surface area contributed by atoms with Crippen LogP contribution in [0.3, 0.4) is 0 Å². The van der Waals surface area contributed by atoms with E-state index in [4.69, 9.17) is 4.74 Å². The molecule has 0 fully saturated rings. The second kappa shape index (κ2) is 5.91. The number of carbonyl (C=O) groups excluding carboxylic acids is 1. The van der Waals surface area contributed by atoms with Gasteiger partial charge in [-0.2, -0.15) is 0 Å². The summed E-state index contributed by atoms with van der Waals surface area (Å²) in [6.45, 7) is 6.89. The highest BCUT2D eigenvalue weighted by Crippen LogP contribution is 2.25. The van der Waals surface area contributed by atoms with E-state index >= 15 is 0 Å². The van der Waals surface area contributed by atoms with Gasteiger partial charge in [-0.15, -0.1) is 0 Å². The van der Waals surface area contributed by atoms with Gasteiger partial charge in [-0.1, -0.05) is 20.8 Å². The number of hydrogen-bond donors (Lipinski definition) is 1. The van der Waals surface area contributed by atoms with Crippen molar-refractivity contribution in [2.24, 2.45) is 5.92 Å². The largest absolute Gasteiger partial charge is 0.494 e. The predicted molar refractivity (Wildman–Crippen MR) is 77.9 cm³/mol. The highest BCUT2D eigenvalue weighted by atomic mass is 16.5. The van der Waals surface area contributed by atoms with Crippen LogP contribution in [0.15, 0.2) is 24.4 Å². The van der Waals surface area contributed by atoms with E-state index in [0.717, 1.165) is 28.6 Å². The van der Waals surface area contributed by atoms with Crippen molar-refractivity contribution in [2.75, 3.05) is 6.61 Å². The van der Waals surface area contributed by atoms with E-state index in [2.05, 4.69) is 25.8 Å². The quantitative estimate of drug-likeness (QED) is 0.790. The third-order valence-corrected chi connectivity index (χ3v) is 3.02. The van der Waals surface area contributed by atoms with Crippen LogP contribution in [0.25, 0.3) is 10.9 Å². The Morgan fingerprint density at radius 1 is 1.37 bits per heavy atom. The van der Waals surface area contributed by atoms with Crippen LogP contribution < -0.4 is 4.74 Å². The minimum absolute atomic E-state index is 0.189. The first kappa shape index (κ1) is 13.7. The number of aromatic nitrogens is 1. The number of Topliss-reactive ketones (excluding diaryl/α,β-unsaturated/α-hetero) is 1. The molecule has 0 aliphatic carbocycles. The van der Waals surface area contributed by atoms with Crippen molar-refractivity contribution in [3.63, 3.8) is 0 Å². The molecule has 1 aromatic heterocycles. The van der Waals surface area contributed by atoms with Crippen LogP contribution in [0.1, 0.15) is 44.0 Å². The van der Waals surface area contributed by atoms with Crippen LogP contribution >= 0.6 is 0 Å². The molecule has 3 heteroatoms. The molecule has 0 aliphatic rings. The number of aromatic amines is 1. The van der Waals surface area contributed by atoms with Crippen molar-refractivity contribution in [2.45, 2.75) is 33.6 Å². The van der Waals surface area contributed by atoms with Crippen molar-refractivity contribution >= 4 is 16.7 Å². The molecule has 0 atom stereocenters. The van der Waals surface area contributed by atoms with Crippen LogP contribution in [0.4, 0.5) is 0 Å². The zero-order valence-corrected chi connectivity index (χ0v) is 11.8. The molecule has 1 N–H and O–H groups in total. The zero-order valence-electron chi connectivity index (χ0n) is 11.8. The molecule has 2 rings (SSSR count). The summed E-state index contributed by atoms with van der Waals surface area (Å²) >= 11 is 0. The number of benzene rings is 1. The predicted octanol–water partition coefficient (Wildman–Crippen LogP) is 4.19. The second-order valence-electron chi connectivity index (χ2n) is 5.28. The van der Waals surface area contributed by atoms with Crippen molar-refractivity contribution in [3.8, 4) is 5.75 Å². The Morgan fingerprint density at radius 3 is 2.84 bits per heavy atom. The first-order valence-electron chi connectivity index (χ1n) is 6.89. The summed E-state index contributed by atoms with van der Waals surface area (Å²) in [6, 6.07) is 5.85. The zero-order chi connectivity index (χ0) is 13.8. The number of ether oxygens (including phenoxy) is 1. The van der Waals surface area contributed by atoms with Crippen molar-refractivity contribution < 1.29 is 9.53 Å². The maximum atomic E-state index is 12.2. The van der Waals surface area contributed by atoms with Gasteiger partial charge in [0.15, 0.2) is 5.78 Å². The highest BCUT2D eigenvalue weighted by molar-refractivity contribution is 6.08. The van der Waals surface area contributed by atoms with E-state index in [0.29, 0.717) is 18.9 Å². The van der Waals surface area contributed by atoms with E-state index in [1.165, 1.54) is 0 Å². The summed E-state index contributed by atoms with van der Waals surface area (Å²) in [5.41, 5.74) is 1.75. The van der Waals surface area contributed by atoms with Crippen LogP contribution in [0.2, 0.25) is 0 Å². The number of fused-ring (bicyclic) bond motifs is 1. The molecule has 1 heterocycles. The van der Waals surface area contributed by atoms with Crippen LogP contribution in [-0.2, 0) is 0 Å². The smallest absolute Gasteiger partial charge is 0.165 e. The molecule has 1 aromatic carbocycles. The third-order valence-electron chi connectivity index (χ3n) is 3.02. The Labute approximate surface area is 114 Å². The Hall–Kier alpha value is -1.77. The van der Waals surface area contributed by atoms with Crippen molar-refractivity contribution in [3.05, 3.63) is 30.0 Å². The molecule has 19 heavy (non-hydrogen) atoms. The van der Waals surface area contributed by atoms with Crippen LogP contribution in [0.5, 0.6) is 5.75 Å². The molecule has 0 bridgehead atoms. The fourth-order valence-electron chi connectivity index (χ4n) is 2.12. The lowest BCUT2D eigenvalue weighted by Gasteiger charge is -2.06. The van der Waals surface area contributed by atoms with E-state index < -0.39 is 0 Å². The lowest BCUT2D eigenvalue weighted by Crippen LogP contribution is -2.02. The fourth-order valence-corrected chi connectivity index (χ4v) is 2.12. The Kier molecular flexibility index (Phi) is 4.25. The average molecular weight is 259 g/mol. The van der Waals surface area contributed by atoms with Gasteiger partial charge in [-0.05, 0) is 30.5 Å². The van der Waals surface area contributed by atoms with Crippen LogP contribution in [0, 0.1) is 5.92 Å². The molecule has 2 aromatic rings. The normalized spacial score (nSPS) is 11.2. The molecule has 0 saturated carbocycles. The van der Waals surface area contributed by atoms with E-state index in [9.17, 15) is 4.79 Å². The van der Waals surface area contributed by atoms with Gasteiger partial charge in [0, 0.05) is 29.1 Å². The minimum atomic E-state index is 0.189. The number of rotatable bonds is 6. The molecule has 3 nitrogen and oxygen atoms in total. The third kappa shape index (κ3) is 3.16. The lowest BCUT2D eigenvalue weighted by molar-refractivity contribution is 0.0969. The lowest BCUT2D eigenvalue weighted by atomic mass is 10.0. The summed E-state index contributed by atoms with van der Waals surface area (Å²) in [6.07, 6.45) is 3.36. The molecule has 0 spiro atoms. The first-order valence-corrected chi connectivity index (χ1v) is 6.89. The topological polar surface area (TPSA) is 42.1 Å². The Bertz CT molecular complexity index is 569. The fraction of sp³-hybridized carbons (Fsp3) is 0.438. The number of H-pyrrole nitrogens is 1. The van der Waals surface area contributed by atoms with E-state index in [1.54, 1.807) is 6.20 Å². The van der Waals surface area contributed by atoms with E-state index in [1.807, 2.05) is 18.2 Å². The number of nitrogens with one attached hydrogen (secondary N) is 1. The monoisotopic (exact) mass is 259 g/mol. The van der Waals surface area contributed by atoms with Gasteiger partial charge in [0.2, 0.25) is 0 Å². The molecule has 102 valence electrons. The Morgan fingerprint density at radius 2 is 2.16 bits per heavy atom. The molecule has 0 aliphatic heterocycles. The van der Waals surface area contributed by atoms with Crippen LogP contribution in [-0.4, -0.2) is 17.4 Å². The SMILES string of the molecule is CCCOc1ccc2[nH]cc(C(=O)CC(C)C)c2c1. The molecule has 0 saturated heterocycles. The summed E-state index contributed by atoms with van der Waals surface area (Å²) in [5.74, 6) is 1.39. The van der Waals surface area contributed by atoms with Gasteiger partial charge in [0.1, 0.15) is 5.75 Å². The molecule has 0 radical (unpaired) electrons. The highest BCUT2D eigenvalue weighted by Gasteiger charge is 2.14. The molecule has 0 unspecified atom stereocenters. The summed E-state index contributed by atoms with van der Waals surface area (Å²) in [5, 5.41) is 0.958. The number of hydrogen-bond acceptors (Lipinski definition) is 2. The molecular formula is C16H21NO2. The van der Waals surface area contributed by atoms with Crippen molar-refractivity contribution in [1.82, 2.24) is 4.98 Å². The number of ketones is 1. The van der Waals surface area contributed by atoms with E-state index in [-0.39, 0.29) is 5.78 Å². The summed E-state index contributed by atoms with van der Waals surface area (Å²) in [7, 11) is 0. The van der Waals surface area contributed by atoms with Gasteiger partial charge in [-0.25, -0.2) is 0 Å². The van der Waals surface area contributed by atoms with Gasteiger partial charge in [0.05, 0.1) is 6.61 Å². The maximum absolute atomic E-state index is 12.2. The van der Waals surface area contributed by atoms with Crippen molar-refractivity contribution in [1.29, 1.82) is 0 Å². The molecule has 0 amide bonds. The standard InChI is InChI=1S/C16H21NO2/c1-4-7-19-12-5-6-15-13(9-12)14(10-17-15)16(18)8-11(2)3/h5-6,9-11,17H,4,7-8H2,1-3H3. The maximum Gasteiger partial charge on any atom is 0.165 e. The molecular weight excluding hydrogens is 238 g/mol. The van der Waals surface area contributed by atoms with Gasteiger partial charge in [0.25, 0.3) is 0 Å². The minimum Gasteiger partial charge on any atom is -0.494 e. The Balaban J connectivity index is 2.31. The summed E-state index contributed by atoms with van der Waals surface area (Å²) in [4.78, 5) is 15.3.